The van der Waals surface area contributed by atoms with E-state index in [-0.39, 0.29) is 11.8 Å². The van der Waals surface area contributed by atoms with E-state index >= 15 is 0 Å². The summed E-state index contributed by atoms with van der Waals surface area (Å²) in [5, 5.41) is 3.45. The van der Waals surface area contributed by atoms with Gasteiger partial charge >= 0.3 is 0 Å². The number of carbonyl (C=O) groups excluding carboxylic acids is 1. The summed E-state index contributed by atoms with van der Waals surface area (Å²) in [5.74, 6) is 0.145. The molecule has 0 saturated heterocycles. The molecule has 0 radical (unpaired) electrons. The van der Waals surface area contributed by atoms with E-state index in [0.717, 1.165) is 40.1 Å². The third-order valence-corrected chi connectivity index (χ3v) is 8.23. The van der Waals surface area contributed by atoms with E-state index in [9.17, 15) is 13.2 Å². The normalized spacial score (nSPS) is 17.6. The molecule has 2 aliphatic rings. The van der Waals surface area contributed by atoms with Gasteiger partial charge in [-0.15, -0.1) is 11.3 Å². The van der Waals surface area contributed by atoms with Crippen molar-refractivity contribution in [2.24, 2.45) is 5.92 Å². The number of sulfonamides is 1. The number of hydrogen-bond donors (Lipinski definition) is 1. The summed E-state index contributed by atoms with van der Waals surface area (Å²) in [7, 11) is -3.58. The summed E-state index contributed by atoms with van der Waals surface area (Å²) in [6.45, 7) is 6.38. The Morgan fingerprint density at radius 3 is 2.52 bits per heavy atom. The van der Waals surface area contributed by atoms with Crippen LogP contribution in [0.15, 0.2) is 17.0 Å². The molecule has 1 amide bonds. The number of thiazole rings is 1. The van der Waals surface area contributed by atoms with Crippen molar-refractivity contribution in [3.8, 4) is 0 Å². The first kappa shape index (κ1) is 18.6. The van der Waals surface area contributed by atoms with Crippen LogP contribution in [-0.4, -0.2) is 30.2 Å². The Labute approximate surface area is 163 Å². The highest BCUT2D eigenvalue weighted by atomic mass is 32.2. The van der Waals surface area contributed by atoms with E-state index in [2.05, 4.69) is 10.3 Å². The number of nitrogens with one attached hydrogen (secondary N) is 1. The first-order chi connectivity index (χ1) is 12.8. The van der Waals surface area contributed by atoms with E-state index in [4.69, 9.17) is 0 Å². The Hall–Kier alpha value is -1.77. The van der Waals surface area contributed by atoms with Crippen LogP contribution in [0.5, 0.6) is 0 Å². The number of hydrogen-bond acceptors (Lipinski definition) is 5. The minimum Gasteiger partial charge on any atom is -0.302 e. The van der Waals surface area contributed by atoms with Gasteiger partial charge in [0, 0.05) is 23.8 Å². The maximum absolute atomic E-state index is 13.3. The smallest absolute Gasteiger partial charge is 0.243 e. The highest BCUT2D eigenvalue weighted by molar-refractivity contribution is 7.89. The van der Waals surface area contributed by atoms with Crippen LogP contribution in [-0.2, 0) is 27.8 Å². The molecule has 1 aliphatic heterocycles. The van der Waals surface area contributed by atoms with Gasteiger partial charge in [0.25, 0.3) is 0 Å². The van der Waals surface area contributed by atoms with Gasteiger partial charge in [-0.05, 0) is 44.7 Å². The van der Waals surface area contributed by atoms with Crippen molar-refractivity contribution >= 4 is 32.4 Å². The van der Waals surface area contributed by atoms with Gasteiger partial charge in [0.1, 0.15) is 0 Å². The number of rotatable bonds is 4. The first-order valence-corrected chi connectivity index (χ1v) is 11.4. The lowest BCUT2D eigenvalue weighted by Gasteiger charge is -2.27. The predicted octanol–water partition coefficient (Wildman–Crippen LogP) is 3.16. The summed E-state index contributed by atoms with van der Waals surface area (Å²) in [6, 6.07) is 3.82. The summed E-state index contributed by atoms with van der Waals surface area (Å²) >= 11 is 1.39. The molecule has 2 aromatic rings. The molecule has 0 spiro atoms. The lowest BCUT2D eigenvalue weighted by molar-refractivity contribution is -0.117. The number of anilines is 1. The molecule has 1 saturated carbocycles. The minimum atomic E-state index is -3.58. The van der Waals surface area contributed by atoms with Gasteiger partial charge in [-0.2, -0.15) is 4.31 Å². The Balaban J connectivity index is 1.58. The standard InChI is InChI=1S/C19H23N3O3S2/c1-11-8-12(2)17(13(3)9-11)27(24,25)22-7-6-15-16(10-22)26-19(20-15)21-18(23)14-4-5-14/h8-9,14H,4-7,10H2,1-3H3,(H,20,21,23). The second-order valence-corrected chi connectivity index (χ2v) is 10.4. The van der Waals surface area contributed by atoms with Crippen LogP contribution in [0.3, 0.4) is 0 Å². The Morgan fingerprint density at radius 1 is 1.22 bits per heavy atom. The van der Waals surface area contributed by atoms with Crippen LogP contribution in [0.4, 0.5) is 5.13 Å². The fraction of sp³-hybridized carbons (Fsp3) is 0.474. The molecule has 2 heterocycles. The van der Waals surface area contributed by atoms with E-state index in [1.165, 1.54) is 15.6 Å². The van der Waals surface area contributed by atoms with Crippen LogP contribution in [0.2, 0.25) is 0 Å². The molecule has 0 unspecified atom stereocenters. The van der Waals surface area contributed by atoms with Gasteiger partial charge < -0.3 is 5.32 Å². The largest absolute Gasteiger partial charge is 0.302 e. The van der Waals surface area contributed by atoms with Crippen LogP contribution in [0.25, 0.3) is 0 Å². The van der Waals surface area contributed by atoms with Crippen molar-refractivity contribution in [3.63, 3.8) is 0 Å². The van der Waals surface area contributed by atoms with Gasteiger partial charge in [-0.25, -0.2) is 13.4 Å². The number of amides is 1. The molecule has 1 aromatic carbocycles. The van der Waals surface area contributed by atoms with Crippen LogP contribution >= 0.6 is 11.3 Å². The van der Waals surface area contributed by atoms with Crippen molar-refractivity contribution in [1.29, 1.82) is 0 Å². The molecular formula is C19H23N3O3S2. The zero-order valence-electron chi connectivity index (χ0n) is 15.7. The summed E-state index contributed by atoms with van der Waals surface area (Å²) in [5.41, 5.74) is 3.51. The topological polar surface area (TPSA) is 79.4 Å². The second-order valence-electron chi connectivity index (χ2n) is 7.47. The highest BCUT2D eigenvalue weighted by Gasteiger charge is 2.34. The average molecular weight is 406 g/mol. The number of aromatic nitrogens is 1. The highest BCUT2D eigenvalue weighted by Crippen LogP contribution is 2.35. The summed E-state index contributed by atoms with van der Waals surface area (Å²) < 4.78 is 28.1. The quantitative estimate of drug-likeness (QED) is 0.847. The van der Waals surface area contributed by atoms with E-state index in [1.54, 1.807) is 0 Å². The first-order valence-electron chi connectivity index (χ1n) is 9.13. The van der Waals surface area contributed by atoms with E-state index in [1.807, 2.05) is 32.9 Å². The molecule has 1 aliphatic carbocycles. The van der Waals surface area contributed by atoms with Crippen LogP contribution in [0.1, 0.15) is 40.1 Å². The zero-order chi connectivity index (χ0) is 19.3. The maximum Gasteiger partial charge on any atom is 0.243 e. The molecule has 4 rings (SSSR count). The van der Waals surface area contributed by atoms with Gasteiger partial charge in [0.05, 0.1) is 17.1 Å². The van der Waals surface area contributed by atoms with Crippen molar-refractivity contribution in [2.75, 3.05) is 11.9 Å². The van der Waals surface area contributed by atoms with Crippen molar-refractivity contribution in [1.82, 2.24) is 9.29 Å². The van der Waals surface area contributed by atoms with Gasteiger partial charge in [-0.3, -0.25) is 4.79 Å². The van der Waals surface area contributed by atoms with Crippen molar-refractivity contribution in [3.05, 3.63) is 39.4 Å². The maximum atomic E-state index is 13.3. The predicted molar refractivity (Wildman–Crippen MR) is 105 cm³/mol. The van der Waals surface area contributed by atoms with Crippen molar-refractivity contribution < 1.29 is 13.2 Å². The Bertz CT molecular complexity index is 1000. The van der Waals surface area contributed by atoms with Crippen LogP contribution in [0, 0.1) is 26.7 Å². The minimum absolute atomic E-state index is 0.0245. The Kier molecular flexibility index (Phi) is 4.60. The summed E-state index contributed by atoms with van der Waals surface area (Å²) in [6.07, 6.45) is 2.45. The number of aryl methyl sites for hydroxylation is 3. The number of carbonyl (C=O) groups is 1. The molecule has 0 atom stereocenters. The molecule has 144 valence electrons. The monoisotopic (exact) mass is 405 g/mol. The molecule has 27 heavy (non-hydrogen) atoms. The number of fused-ring (bicyclic) bond motifs is 1. The number of nitrogens with zero attached hydrogens (tertiary/aromatic N) is 2. The molecule has 6 nitrogen and oxygen atoms in total. The fourth-order valence-corrected chi connectivity index (χ4v) is 6.62. The van der Waals surface area contributed by atoms with Gasteiger partial charge in [-0.1, -0.05) is 17.7 Å². The van der Waals surface area contributed by atoms with Crippen LogP contribution < -0.4 is 5.32 Å². The van der Waals surface area contributed by atoms with Crippen molar-refractivity contribution in [2.45, 2.75) is 51.5 Å². The van der Waals surface area contributed by atoms with E-state index < -0.39 is 10.0 Å². The van der Waals surface area contributed by atoms with Gasteiger partial charge in [0.15, 0.2) is 5.13 Å². The fourth-order valence-electron chi connectivity index (χ4n) is 3.69. The molecule has 1 aromatic heterocycles. The lowest BCUT2D eigenvalue weighted by atomic mass is 10.1. The number of benzene rings is 1. The average Bonchev–Trinajstić information content (AvgIpc) is 3.33. The molecule has 1 N–H and O–H groups in total. The third kappa shape index (κ3) is 3.53. The molecule has 0 bridgehead atoms. The molecular weight excluding hydrogens is 382 g/mol. The Morgan fingerprint density at radius 2 is 1.89 bits per heavy atom. The molecule has 8 heteroatoms. The van der Waals surface area contributed by atoms with E-state index in [0.29, 0.717) is 29.5 Å². The third-order valence-electron chi connectivity index (χ3n) is 5.08. The molecule has 1 fully saturated rings. The summed E-state index contributed by atoms with van der Waals surface area (Å²) in [4.78, 5) is 17.8. The van der Waals surface area contributed by atoms with Gasteiger partial charge in [0.2, 0.25) is 15.9 Å². The second kappa shape index (κ2) is 6.68. The SMILES string of the molecule is Cc1cc(C)c(S(=O)(=O)N2CCc3nc(NC(=O)C4CC4)sc3C2)c(C)c1. The zero-order valence-corrected chi connectivity index (χ0v) is 17.3. The lowest BCUT2D eigenvalue weighted by Crippen LogP contribution is -2.36.